The Bertz CT molecular complexity index is 1100. The summed E-state index contributed by atoms with van der Waals surface area (Å²) in [6.07, 6.45) is 5.94. The van der Waals surface area contributed by atoms with Crippen molar-refractivity contribution in [1.29, 1.82) is 0 Å². The number of piperidine rings is 1. The van der Waals surface area contributed by atoms with Crippen LogP contribution >= 0.6 is 0 Å². The van der Waals surface area contributed by atoms with Crippen LogP contribution in [0.15, 0.2) is 56.8 Å². The normalized spacial score (nSPS) is 19.0. The number of fused-ring (bicyclic) bond motifs is 1. The van der Waals surface area contributed by atoms with Crippen LogP contribution in [-0.4, -0.2) is 28.8 Å². The van der Waals surface area contributed by atoms with Crippen LogP contribution in [0.2, 0.25) is 0 Å². The highest BCUT2D eigenvalue weighted by Crippen LogP contribution is 2.35. The van der Waals surface area contributed by atoms with Gasteiger partial charge in [-0.1, -0.05) is 12.5 Å². The van der Waals surface area contributed by atoms with Gasteiger partial charge in [-0.15, -0.1) is 0 Å². The van der Waals surface area contributed by atoms with Gasteiger partial charge in [0, 0.05) is 32.1 Å². The summed E-state index contributed by atoms with van der Waals surface area (Å²) >= 11 is 0. The largest absolute Gasteiger partial charge is 0.419 e. The Morgan fingerprint density at radius 3 is 2.85 bits per heavy atom. The third-order valence-corrected chi connectivity index (χ3v) is 6.80. The highest BCUT2D eigenvalue weighted by atomic mass is 32.2. The summed E-state index contributed by atoms with van der Waals surface area (Å²) in [6.45, 7) is 0.457. The standard InChI is InChI=1S/C18H19N3O4S/c1-20-16-8-7-14(11-17(16)25-18(20)22)26(23,24)21-10-3-2-6-15(21)13-5-4-9-19-12-13/h4-5,7-9,11-12,15H,2-3,6,10H2,1H3. The minimum atomic E-state index is -3.72. The van der Waals surface area contributed by atoms with Crippen LogP contribution in [0.5, 0.6) is 0 Å². The molecule has 4 rings (SSSR count). The van der Waals surface area contributed by atoms with Gasteiger partial charge in [-0.25, -0.2) is 13.2 Å². The summed E-state index contributed by atoms with van der Waals surface area (Å²) in [5, 5.41) is 0. The number of aryl methyl sites for hydroxylation is 1. The molecule has 1 aliphatic heterocycles. The zero-order valence-corrected chi connectivity index (χ0v) is 15.1. The van der Waals surface area contributed by atoms with E-state index >= 15 is 0 Å². The molecule has 1 saturated heterocycles. The molecule has 0 N–H and O–H groups in total. The van der Waals surface area contributed by atoms with E-state index in [-0.39, 0.29) is 16.5 Å². The number of hydrogen-bond donors (Lipinski definition) is 0. The van der Waals surface area contributed by atoms with Gasteiger partial charge in [0.05, 0.1) is 16.5 Å². The summed E-state index contributed by atoms with van der Waals surface area (Å²) in [6, 6.07) is 8.06. The molecule has 0 bridgehead atoms. The fourth-order valence-corrected chi connectivity index (χ4v) is 5.21. The highest BCUT2D eigenvalue weighted by Gasteiger charge is 2.34. The molecule has 1 aliphatic rings. The topological polar surface area (TPSA) is 85.4 Å². The number of hydrogen-bond acceptors (Lipinski definition) is 5. The number of nitrogens with zero attached hydrogens (tertiary/aromatic N) is 3. The third-order valence-electron chi connectivity index (χ3n) is 4.89. The van der Waals surface area contributed by atoms with Crippen LogP contribution in [0.1, 0.15) is 30.9 Å². The molecule has 3 aromatic rings. The minimum absolute atomic E-state index is 0.134. The maximum atomic E-state index is 13.3. The molecule has 136 valence electrons. The Morgan fingerprint density at radius 2 is 2.08 bits per heavy atom. The van der Waals surface area contributed by atoms with Crippen molar-refractivity contribution in [2.45, 2.75) is 30.2 Å². The molecule has 1 unspecified atom stereocenters. The number of sulfonamides is 1. The number of pyridine rings is 1. The van der Waals surface area contributed by atoms with E-state index in [9.17, 15) is 13.2 Å². The maximum Gasteiger partial charge on any atom is 0.419 e. The first-order valence-corrected chi connectivity index (χ1v) is 9.94. The summed E-state index contributed by atoms with van der Waals surface area (Å²) in [4.78, 5) is 15.9. The lowest BCUT2D eigenvalue weighted by Gasteiger charge is -2.34. The van der Waals surface area contributed by atoms with E-state index in [4.69, 9.17) is 4.42 Å². The molecule has 7 nitrogen and oxygen atoms in total. The molecule has 1 aromatic carbocycles. The average molecular weight is 373 g/mol. The summed E-state index contributed by atoms with van der Waals surface area (Å²) in [7, 11) is -2.13. The number of oxazole rings is 1. The Kier molecular flexibility index (Phi) is 4.16. The lowest BCUT2D eigenvalue weighted by atomic mass is 9.99. The molecule has 26 heavy (non-hydrogen) atoms. The van der Waals surface area contributed by atoms with Crippen LogP contribution in [0.25, 0.3) is 11.1 Å². The number of rotatable bonds is 3. The van der Waals surface area contributed by atoms with E-state index < -0.39 is 15.8 Å². The van der Waals surface area contributed by atoms with Gasteiger partial charge in [0.2, 0.25) is 10.0 Å². The van der Waals surface area contributed by atoms with E-state index in [0.29, 0.717) is 12.1 Å². The fourth-order valence-electron chi connectivity index (χ4n) is 3.51. The Morgan fingerprint density at radius 1 is 1.23 bits per heavy atom. The second kappa shape index (κ2) is 6.37. The molecule has 8 heteroatoms. The molecule has 0 spiro atoms. The van der Waals surface area contributed by atoms with E-state index in [1.54, 1.807) is 25.5 Å². The van der Waals surface area contributed by atoms with Crippen LogP contribution in [-0.2, 0) is 17.1 Å². The molecule has 0 amide bonds. The molecule has 0 saturated carbocycles. The molecule has 1 fully saturated rings. The molecule has 1 atom stereocenters. The monoisotopic (exact) mass is 373 g/mol. The van der Waals surface area contributed by atoms with Gasteiger partial charge < -0.3 is 4.42 Å². The molecule has 2 aromatic heterocycles. The van der Waals surface area contributed by atoms with Gasteiger partial charge in [0.1, 0.15) is 0 Å². The van der Waals surface area contributed by atoms with E-state index in [0.717, 1.165) is 24.8 Å². The summed E-state index contributed by atoms with van der Waals surface area (Å²) in [5.41, 5.74) is 1.73. The van der Waals surface area contributed by atoms with Gasteiger partial charge >= 0.3 is 5.76 Å². The maximum absolute atomic E-state index is 13.3. The van der Waals surface area contributed by atoms with Crippen molar-refractivity contribution in [2.24, 2.45) is 7.05 Å². The highest BCUT2D eigenvalue weighted by molar-refractivity contribution is 7.89. The Balaban J connectivity index is 1.78. The molecule has 0 aliphatic carbocycles. The molecular weight excluding hydrogens is 354 g/mol. The van der Waals surface area contributed by atoms with Crippen LogP contribution in [0.4, 0.5) is 0 Å². The van der Waals surface area contributed by atoms with Gasteiger partial charge in [0.15, 0.2) is 5.58 Å². The van der Waals surface area contributed by atoms with Gasteiger partial charge in [-0.3, -0.25) is 9.55 Å². The number of aromatic nitrogens is 2. The van der Waals surface area contributed by atoms with Crippen molar-refractivity contribution >= 4 is 21.1 Å². The SMILES string of the molecule is Cn1c(=O)oc2cc(S(=O)(=O)N3CCCCC3c3cccnc3)ccc21. The van der Waals surface area contributed by atoms with Crippen molar-refractivity contribution < 1.29 is 12.8 Å². The smallest absolute Gasteiger partial charge is 0.408 e. The lowest BCUT2D eigenvalue weighted by molar-refractivity contribution is 0.255. The zero-order chi connectivity index (χ0) is 18.3. The lowest BCUT2D eigenvalue weighted by Crippen LogP contribution is -2.38. The molecule has 0 radical (unpaired) electrons. The number of benzene rings is 1. The first kappa shape index (κ1) is 17.0. The van der Waals surface area contributed by atoms with E-state index in [1.165, 1.54) is 21.0 Å². The zero-order valence-electron chi connectivity index (χ0n) is 14.3. The van der Waals surface area contributed by atoms with E-state index in [2.05, 4.69) is 4.98 Å². The van der Waals surface area contributed by atoms with Crippen molar-refractivity contribution in [2.75, 3.05) is 6.54 Å². The fraction of sp³-hybridized carbons (Fsp3) is 0.333. The van der Waals surface area contributed by atoms with Crippen molar-refractivity contribution in [3.63, 3.8) is 0 Å². The van der Waals surface area contributed by atoms with Crippen molar-refractivity contribution in [1.82, 2.24) is 13.9 Å². The Labute approximate surface area is 150 Å². The first-order valence-electron chi connectivity index (χ1n) is 8.50. The Hall–Kier alpha value is -2.45. The van der Waals surface area contributed by atoms with E-state index in [1.807, 2.05) is 12.1 Å². The quantitative estimate of drug-likeness (QED) is 0.704. The van der Waals surface area contributed by atoms with Crippen LogP contribution < -0.4 is 5.76 Å². The third kappa shape index (κ3) is 2.75. The average Bonchev–Trinajstić information content (AvgIpc) is 2.96. The minimum Gasteiger partial charge on any atom is -0.408 e. The van der Waals surface area contributed by atoms with Crippen LogP contribution in [0.3, 0.4) is 0 Å². The summed E-state index contributed by atoms with van der Waals surface area (Å²) < 4.78 is 34.6. The predicted octanol–water partition coefficient (Wildman–Crippen LogP) is 2.44. The predicted molar refractivity (Wildman–Crippen MR) is 96.2 cm³/mol. The van der Waals surface area contributed by atoms with Crippen molar-refractivity contribution in [3.8, 4) is 0 Å². The molecule has 3 heterocycles. The van der Waals surface area contributed by atoms with Gasteiger partial charge in [0.25, 0.3) is 0 Å². The summed E-state index contributed by atoms with van der Waals surface area (Å²) in [5.74, 6) is -0.513. The second-order valence-electron chi connectivity index (χ2n) is 6.47. The molecular formula is C18H19N3O4S. The second-order valence-corrected chi connectivity index (χ2v) is 8.36. The van der Waals surface area contributed by atoms with Gasteiger partial charge in [-0.05, 0) is 36.6 Å². The van der Waals surface area contributed by atoms with Gasteiger partial charge in [-0.2, -0.15) is 4.31 Å². The van der Waals surface area contributed by atoms with Crippen molar-refractivity contribution in [3.05, 3.63) is 58.8 Å². The first-order chi connectivity index (χ1) is 12.5. The van der Waals surface area contributed by atoms with Crippen LogP contribution in [0, 0.1) is 0 Å².